The van der Waals surface area contributed by atoms with E-state index in [1.807, 2.05) is 73.6 Å². The number of fused-ring (bicyclic) bond motifs is 1. The van der Waals surface area contributed by atoms with Crippen molar-refractivity contribution in [2.75, 3.05) is 39.3 Å². The molecule has 2 aliphatic rings. The molecule has 0 aliphatic carbocycles. The molecule has 0 radical (unpaired) electrons. The SMILES string of the molecule is COc1ccc(CCN2C(=O)C(=O)/C(=C(\O)c3ccc4c(c3)CCO4)C2c2ccc(N(C)C)cc2)cc1. The molecule has 0 bridgehead atoms. The van der Waals surface area contributed by atoms with E-state index in [2.05, 4.69) is 0 Å². The number of aliphatic hydroxyl groups excluding tert-OH is 1. The topological polar surface area (TPSA) is 79.3 Å². The summed E-state index contributed by atoms with van der Waals surface area (Å²) in [5.74, 6) is 0.0887. The van der Waals surface area contributed by atoms with E-state index in [1.165, 1.54) is 0 Å². The number of Topliss-reactive ketones (excluding diaryl/α,β-unsaturated/α-hetero) is 1. The number of hydrogen-bond acceptors (Lipinski definition) is 6. The number of amides is 1. The maximum absolute atomic E-state index is 13.4. The van der Waals surface area contributed by atoms with Crippen molar-refractivity contribution in [1.29, 1.82) is 0 Å². The van der Waals surface area contributed by atoms with Crippen LogP contribution >= 0.6 is 0 Å². The fourth-order valence-electron chi connectivity index (χ4n) is 4.94. The highest BCUT2D eigenvalue weighted by Crippen LogP contribution is 2.40. The first-order chi connectivity index (χ1) is 17.9. The van der Waals surface area contributed by atoms with Gasteiger partial charge in [-0.25, -0.2) is 0 Å². The minimum absolute atomic E-state index is 0.108. The first-order valence-corrected chi connectivity index (χ1v) is 12.3. The fraction of sp³-hybridized carbons (Fsp3) is 0.267. The average Bonchev–Trinajstić information content (AvgIpc) is 3.49. The Labute approximate surface area is 216 Å². The number of nitrogens with zero attached hydrogens (tertiary/aromatic N) is 2. The van der Waals surface area contributed by atoms with E-state index in [0.717, 1.165) is 40.3 Å². The van der Waals surface area contributed by atoms with Crippen molar-refractivity contribution in [2.24, 2.45) is 0 Å². The van der Waals surface area contributed by atoms with Crippen molar-refractivity contribution < 1.29 is 24.2 Å². The summed E-state index contributed by atoms with van der Waals surface area (Å²) in [5.41, 5.74) is 4.37. The number of rotatable bonds is 7. The van der Waals surface area contributed by atoms with Gasteiger partial charge in [0.25, 0.3) is 11.7 Å². The molecule has 1 unspecified atom stereocenters. The molecule has 1 atom stereocenters. The van der Waals surface area contributed by atoms with Crippen LogP contribution in [0.5, 0.6) is 11.5 Å². The van der Waals surface area contributed by atoms with Crippen LogP contribution < -0.4 is 14.4 Å². The van der Waals surface area contributed by atoms with Crippen LogP contribution in [0.4, 0.5) is 5.69 Å². The Bertz CT molecular complexity index is 1360. The number of ketones is 1. The van der Waals surface area contributed by atoms with Gasteiger partial charge in [-0.05, 0) is 65.6 Å². The van der Waals surface area contributed by atoms with Crippen LogP contribution in [0.3, 0.4) is 0 Å². The van der Waals surface area contributed by atoms with Gasteiger partial charge >= 0.3 is 0 Å². The summed E-state index contributed by atoms with van der Waals surface area (Å²) in [6.07, 6.45) is 1.29. The smallest absolute Gasteiger partial charge is 0.295 e. The molecule has 37 heavy (non-hydrogen) atoms. The Morgan fingerprint density at radius 1 is 1.05 bits per heavy atom. The van der Waals surface area contributed by atoms with Crippen LogP contribution in [0.25, 0.3) is 5.76 Å². The van der Waals surface area contributed by atoms with Gasteiger partial charge in [-0.3, -0.25) is 9.59 Å². The second-order valence-electron chi connectivity index (χ2n) is 9.50. The lowest BCUT2D eigenvalue weighted by atomic mass is 9.94. The molecular formula is C30H30N2O5. The zero-order chi connectivity index (χ0) is 26.1. The normalized spacial score (nSPS) is 18.0. The first-order valence-electron chi connectivity index (χ1n) is 12.3. The zero-order valence-corrected chi connectivity index (χ0v) is 21.2. The van der Waals surface area contributed by atoms with Crippen molar-refractivity contribution in [3.8, 4) is 11.5 Å². The van der Waals surface area contributed by atoms with Gasteiger partial charge in [-0.15, -0.1) is 0 Å². The molecule has 5 rings (SSSR count). The highest BCUT2D eigenvalue weighted by molar-refractivity contribution is 6.46. The molecule has 3 aromatic carbocycles. The number of anilines is 1. The predicted octanol–water partition coefficient (Wildman–Crippen LogP) is 4.36. The van der Waals surface area contributed by atoms with Gasteiger partial charge in [0.2, 0.25) is 0 Å². The molecule has 3 aromatic rings. The minimum Gasteiger partial charge on any atom is -0.507 e. The lowest BCUT2D eigenvalue weighted by Crippen LogP contribution is -2.31. The molecule has 7 heteroatoms. The quantitative estimate of drug-likeness (QED) is 0.296. The maximum Gasteiger partial charge on any atom is 0.295 e. The van der Waals surface area contributed by atoms with Crippen LogP contribution in [0.2, 0.25) is 0 Å². The van der Waals surface area contributed by atoms with E-state index >= 15 is 0 Å². The molecule has 1 saturated heterocycles. The molecular weight excluding hydrogens is 468 g/mol. The van der Waals surface area contributed by atoms with E-state index in [9.17, 15) is 14.7 Å². The summed E-state index contributed by atoms with van der Waals surface area (Å²) in [6.45, 7) is 0.916. The fourth-order valence-corrected chi connectivity index (χ4v) is 4.94. The largest absolute Gasteiger partial charge is 0.507 e. The predicted molar refractivity (Wildman–Crippen MR) is 142 cm³/mol. The highest BCUT2D eigenvalue weighted by Gasteiger charge is 2.45. The third-order valence-corrected chi connectivity index (χ3v) is 7.03. The third kappa shape index (κ3) is 4.65. The Kier molecular flexibility index (Phi) is 6.61. The summed E-state index contributed by atoms with van der Waals surface area (Å²) in [5, 5.41) is 11.4. The van der Waals surface area contributed by atoms with Crippen LogP contribution in [0.15, 0.2) is 72.3 Å². The van der Waals surface area contributed by atoms with Crippen molar-refractivity contribution in [3.63, 3.8) is 0 Å². The molecule has 7 nitrogen and oxygen atoms in total. The summed E-state index contributed by atoms with van der Waals surface area (Å²) >= 11 is 0. The first kappa shape index (κ1) is 24.4. The number of aliphatic hydroxyl groups is 1. The van der Waals surface area contributed by atoms with Gasteiger partial charge in [0, 0.05) is 38.3 Å². The van der Waals surface area contributed by atoms with Crippen molar-refractivity contribution in [3.05, 3.63) is 94.6 Å². The lowest BCUT2D eigenvalue weighted by Gasteiger charge is -2.26. The Morgan fingerprint density at radius 2 is 1.78 bits per heavy atom. The van der Waals surface area contributed by atoms with Crippen molar-refractivity contribution >= 4 is 23.1 Å². The van der Waals surface area contributed by atoms with E-state index in [1.54, 1.807) is 24.1 Å². The summed E-state index contributed by atoms with van der Waals surface area (Å²) in [6, 6.07) is 20.1. The maximum atomic E-state index is 13.4. The van der Waals surface area contributed by atoms with Crippen molar-refractivity contribution in [1.82, 2.24) is 4.90 Å². The standard InChI is InChI=1S/C30H30N2O5/c1-31(2)23-9-6-20(7-10-23)27-26(28(33)22-8-13-25-21(18-22)15-17-37-25)29(34)30(35)32(27)16-14-19-4-11-24(36-3)12-5-19/h4-13,18,27,33H,14-17H2,1-3H3/b28-26-. The average molecular weight is 499 g/mol. The number of likely N-dealkylation sites (tertiary alicyclic amines) is 1. The second-order valence-corrected chi connectivity index (χ2v) is 9.50. The number of benzene rings is 3. The Morgan fingerprint density at radius 3 is 2.46 bits per heavy atom. The van der Waals surface area contributed by atoms with Crippen LogP contribution in [0.1, 0.15) is 28.3 Å². The van der Waals surface area contributed by atoms with Crippen LogP contribution in [-0.4, -0.2) is 56.1 Å². The van der Waals surface area contributed by atoms with Crippen molar-refractivity contribution in [2.45, 2.75) is 18.9 Å². The second kappa shape index (κ2) is 10.0. The molecule has 2 aliphatic heterocycles. The molecule has 2 heterocycles. The van der Waals surface area contributed by atoms with E-state index < -0.39 is 17.7 Å². The van der Waals surface area contributed by atoms with Crippen LogP contribution in [0, 0.1) is 0 Å². The molecule has 1 N–H and O–H groups in total. The molecule has 0 spiro atoms. The van der Waals surface area contributed by atoms with Gasteiger partial charge in [0.15, 0.2) is 0 Å². The molecule has 1 fully saturated rings. The number of carbonyl (C=O) groups is 2. The van der Waals surface area contributed by atoms with Gasteiger partial charge < -0.3 is 24.4 Å². The highest BCUT2D eigenvalue weighted by atomic mass is 16.5. The number of methoxy groups -OCH3 is 1. The van der Waals surface area contributed by atoms with Gasteiger partial charge in [0.05, 0.1) is 25.3 Å². The summed E-state index contributed by atoms with van der Waals surface area (Å²) in [7, 11) is 5.52. The summed E-state index contributed by atoms with van der Waals surface area (Å²) in [4.78, 5) is 30.2. The molecule has 0 aromatic heterocycles. The minimum atomic E-state index is -0.695. The van der Waals surface area contributed by atoms with Gasteiger partial charge in [0.1, 0.15) is 17.3 Å². The molecule has 1 amide bonds. The number of ether oxygens (including phenoxy) is 2. The summed E-state index contributed by atoms with van der Waals surface area (Å²) < 4.78 is 10.8. The molecule has 0 saturated carbocycles. The van der Waals surface area contributed by atoms with Gasteiger partial charge in [-0.1, -0.05) is 24.3 Å². The lowest BCUT2D eigenvalue weighted by molar-refractivity contribution is -0.139. The van der Waals surface area contributed by atoms with Gasteiger partial charge in [-0.2, -0.15) is 0 Å². The van der Waals surface area contributed by atoms with Crippen LogP contribution in [-0.2, 0) is 22.4 Å². The van der Waals surface area contributed by atoms with E-state index in [4.69, 9.17) is 9.47 Å². The number of hydrogen-bond donors (Lipinski definition) is 1. The Hall–Kier alpha value is -4.26. The number of carbonyl (C=O) groups excluding carboxylic acids is 2. The Balaban J connectivity index is 1.54. The van der Waals surface area contributed by atoms with E-state index in [-0.39, 0.29) is 11.3 Å². The third-order valence-electron chi connectivity index (χ3n) is 7.03. The monoisotopic (exact) mass is 498 g/mol. The zero-order valence-electron chi connectivity index (χ0n) is 21.2. The molecule has 190 valence electrons. The van der Waals surface area contributed by atoms with E-state index in [0.29, 0.717) is 25.1 Å².